The molecule has 0 aliphatic heterocycles. The predicted octanol–water partition coefficient (Wildman–Crippen LogP) is 0.793. The number of hydrogen-bond acceptors (Lipinski definition) is 3. The monoisotopic (exact) mass is 254 g/mol. The van der Waals surface area contributed by atoms with Gasteiger partial charge in [-0.05, 0) is 19.4 Å². The van der Waals surface area contributed by atoms with E-state index in [0.29, 0.717) is 13.0 Å². The van der Waals surface area contributed by atoms with Crippen LogP contribution < -0.4 is 11.5 Å². The Morgan fingerprint density at radius 2 is 1.69 bits per heavy atom. The molecule has 0 aliphatic carbocycles. The fourth-order valence-electron chi connectivity index (χ4n) is 0.632. The van der Waals surface area contributed by atoms with Gasteiger partial charge in [-0.15, -0.1) is 37.2 Å². The van der Waals surface area contributed by atoms with E-state index >= 15 is 0 Å². The minimum absolute atomic E-state index is 0. The number of carboxylic acids is 1. The van der Waals surface area contributed by atoms with Crippen LogP contribution in [0.15, 0.2) is 0 Å². The maximum absolute atomic E-state index is 10.1. The largest absolute Gasteiger partial charge is 0.480 e. The van der Waals surface area contributed by atoms with Gasteiger partial charge in [0.15, 0.2) is 0 Å². The number of rotatable bonds is 5. The highest BCUT2D eigenvalue weighted by molar-refractivity contribution is 5.86. The van der Waals surface area contributed by atoms with Crippen molar-refractivity contribution in [2.45, 2.75) is 25.3 Å². The molecule has 0 spiro atoms. The number of aliphatic carboxylic acids is 1. The Bertz CT molecular complexity index is 116. The van der Waals surface area contributed by atoms with E-state index in [-0.39, 0.29) is 37.2 Å². The average Bonchev–Trinajstić information content (AvgIpc) is 1.88. The van der Waals surface area contributed by atoms with Crippen LogP contribution in [0.3, 0.4) is 0 Å². The summed E-state index contributed by atoms with van der Waals surface area (Å²) >= 11 is 0. The molecular formula is C6H17Cl3N2O2. The first-order chi connectivity index (χ1) is 4.68. The van der Waals surface area contributed by atoms with E-state index in [2.05, 4.69) is 0 Å². The van der Waals surface area contributed by atoms with Gasteiger partial charge in [0.2, 0.25) is 0 Å². The lowest BCUT2D eigenvalue weighted by molar-refractivity contribution is -0.138. The quantitative estimate of drug-likeness (QED) is 0.634. The van der Waals surface area contributed by atoms with Gasteiger partial charge >= 0.3 is 5.97 Å². The standard InChI is InChI=1S/C6H14N2O2.3ClH/c7-4-2-1-3-5(8)6(9)10;;;/h5H,1-4,7-8H2,(H,9,10);3*1H/t5-;;;/m0.../s1. The Morgan fingerprint density at radius 1 is 1.23 bits per heavy atom. The van der Waals surface area contributed by atoms with E-state index in [1.807, 2.05) is 0 Å². The fraction of sp³-hybridized carbons (Fsp3) is 0.833. The van der Waals surface area contributed by atoms with Gasteiger partial charge < -0.3 is 16.6 Å². The van der Waals surface area contributed by atoms with Gasteiger partial charge in [0.05, 0.1) is 0 Å². The Balaban J connectivity index is -0.000000135. The third-order valence-corrected chi connectivity index (χ3v) is 1.29. The highest BCUT2D eigenvalue weighted by Gasteiger charge is 2.09. The SMILES string of the molecule is Cl.Cl.Cl.NCCCC[C@H](N)C(=O)O. The van der Waals surface area contributed by atoms with Crippen molar-refractivity contribution in [2.75, 3.05) is 6.54 Å². The van der Waals surface area contributed by atoms with Crippen molar-refractivity contribution >= 4 is 43.2 Å². The molecule has 0 aromatic carbocycles. The molecule has 0 aliphatic rings. The highest BCUT2D eigenvalue weighted by Crippen LogP contribution is 1.96. The Kier molecular flexibility index (Phi) is 26.4. The number of halogens is 3. The van der Waals surface area contributed by atoms with Crippen molar-refractivity contribution in [3.05, 3.63) is 0 Å². The third kappa shape index (κ3) is 15.1. The van der Waals surface area contributed by atoms with Crippen molar-refractivity contribution < 1.29 is 9.90 Å². The van der Waals surface area contributed by atoms with Crippen LogP contribution in [-0.2, 0) is 4.79 Å². The molecule has 0 bridgehead atoms. The topological polar surface area (TPSA) is 89.3 Å². The molecule has 0 rings (SSSR count). The maximum atomic E-state index is 10.1. The van der Waals surface area contributed by atoms with Crippen LogP contribution in [0.4, 0.5) is 0 Å². The minimum atomic E-state index is -0.933. The van der Waals surface area contributed by atoms with Gasteiger partial charge in [-0.2, -0.15) is 0 Å². The minimum Gasteiger partial charge on any atom is -0.480 e. The van der Waals surface area contributed by atoms with Crippen LogP contribution in [-0.4, -0.2) is 23.7 Å². The van der Waals surface area contributed by atoms with Crippen LogP contribution in [0, 0.1) is 0 Å². The predicted molar refractivity (Wildman–Crippen MR) is 60.3 cm³/mol. The van der Waals surface area contributed by atoms with Crippen LogP contribution in [0.1, 0.15) is 19.3 Å². The van der Waals surface area contributed by atoms with E-state index in [1.165, 1.54) is 0 Å². The zero-order chi connectivity index (χ0) is 7.98. The maximum Gasteiger partial charge on any atom is 0.320 e. The number of hydrogen-bond donors (Lipinski definition) is 3. The van der Waals surface area contributed by atoms with Gasteiger partial charge in [0.1, 0.15) is 6.04 Å². The zero-order valence-corrected chi connectivity index (χ0v) is 9.59. The van der Waals surface area contributed by atoms with E-state index < -0.39 is 12.0 Å². The van der Waals surface area contributed by atoms with Gasteiger partial charge in [0, 0.05) is 0 Å². The molecule has 0 saturated carbocycles. The van der Waals surface area contributed by atoms with Crippen LogP contribution in [0.2, 0.25) is 0 Å². The average molecular weight is 256 g/mol. The molecule has 0 heterocycles. The summed E-state index contributed by atoms with van der Waals surface area (Å²) in [5, 5.41) is 8.33. The Labute approximate surface area is 96.7 Å². The fourth-order valence-corrected chi connectivity index (χ4v) is 0.632. The molecule has 4 nitrogen and oxygen atoms in total. The van der Waals surface area contributed by atoms with E-state index in [1.54, 1.807) is 0 Å². The molecule has 0 amide bonds. The van der Waals surface area contributed by atoms with Crippen molar-refractivity contribution in [1.82, 2.24) is 0 Å². The molecule has 7 heteroatoms. The summed E-state index contributed by atoms with van der Waals surface area (Å²) in [4.78, 5) is 10.1. The van der Waals surface area contributed by atoms with E-state index in [9.17, 15) is 4.79 Å². The number of carbonyl (C=O) groups is 1. The van der Waals surface area contributed by atoms with Crippen LogP contribution in [0.5, 0.6) is 0 Å². The molecule has 1 atom stereocenters. The van der Waals surface area contributed by atoms with E-state index in [0.717, 1.165) is 12.8 Å². The molecular weight excluding hydrogens is 238 g/mol. The first-order valence-electron chi connectivity index (χ1n) is 3.37. The van der Waals surface area contributed by atoms with Crippen LogP contribution >= 0.6 is 37.2 Å². The van der Waals surface area contributed by atoms with Crippen molar-refractivity contribution in [2.24, 2.45) is 11.5 Å². The second-order valence-corrected chi connectivity index (χ2v) is 2.23. The number of unbranched alkanes of at least 4 members (excludes halogenated alkanes) is 1. The summed E-state index contributed by atoms with van der Waals surface area (Å²) in [7, 11) is 0. The summed E-state index contributed by atoms with van der Waals surface area (Å²) in [5.74, 6) is -0.933. The summed E-state index contributed by atoms with van der Waals surface area (Å²) in [5.41, 5.74) is 10.4. The number of nitrogens with two attached hydrogens (primary N) is 2. The van der Waals surface area contributed by atoms with Gasteiger partial charge in [0.25, 0.3) is 0 Å². The Hall–Kier alpha value is 0.260. The summed E-state index contributed by atoms with van der Waals surface area (Å²) < 4.78 is 0. The second-order valence-electron chi connectivity index (χ2n) is 2.23. The lowest BCUT2D eigenvalue weighted by atomic mass is 10.1. The molecule has 0 radical (unpaired) electrons. The molecule has 0 fully saturated rings. The molecule has 0 saturated heterocycles. The lowest BCUT2D eigenvalue weighted by Crippen LogP contribution is -2.29. The van der Waals surface area contributed by atoms with Crippen molar-refractivity contribution in [3.8, 4) is 0 Å². The normalized spacial score (nSPS) is 10.0. The molecule has 13 heavy (non-hydrogen) atoms. The van der Waals surface area contributed by atoms with Gasteiger partial charge in [-0.3, -0.25) is 4.79 Å². The van der Waals surface area contributed by atoms with E-state index in [4.69, 9.17) is 16.6 Å². The lowest BCUT2D eigenvalue weighted by Gasteiger charge is -2.03. The van der Waals surface area contributed by atoms with Gasteiger partial charge in [-0.1, -0.05) is 6.42 Å². The summed E-state index contributed by atoms with van der Waals surface area (Å²) in [6.45, 7) is 0.604. The molecule has 0 unspecified atom stereocenters. The molecule has 0 aromatic heterocycles. The third-order valence-electron chi connectivity index (χ3n) is 1.29. The van der Waals surface area contributed by atoms with Gasteiger partial charge in [-0.25, -0.2) is 0 Å². The first-order valence-corrected chi connectivity index (χ1v) is 3.37. The second kappa shape index (κ2) is 14.8. The smallest absolute Gasteiger partial charge is 0.320 e. The highest BCUT2D eigenvalue weighted by atomic mass is 35.5. The van der Waals surface area contributed by atoms with Crippen LogP contribution in [0.25, 0.3) is 0 Å². The zero-order valence-electron chi connectivity index (χ0n) is 7.14. The van der Waals surface area contributed by atoms with Crippen molar-refractivity contribution in [1.29, 1.82) is 0 Å². The van der Waals surface area contributed by atoms with Crippen molar-refractivity contribution in [3.63, 3.8) is 0 Å². The Morgan fingerprint density at radius 3 is 2.00 bits per heavy atom. The summed E-state index contributed by atoms with van der Waals surface area (Å²) in [6, 6.07) is -0.716. The summed E-state index contributed by atoms with van der Waals surface area (Å²) in [6.07, 6.45) is 2.16. The first kappa shape index (κ1) is 23.2. The molecule has 5 N–H and O–H groups in total. The molecule has 84 valence electrons. The number of carboxylic acid groups (broad SMARTS) is 1. The molecule has 0 aromatic rings.